The summed E-state index contributed by atoms with van der Waals surface area (Å²) in [4.78, 5) is 33.1. The van der Waals surface area contributed by atoms with Crippen LogP contribution in [-0.2, 0) is 11.4 Å². The zero-order chi connectivity index (χ0) is 32.9. The molecule has 10 heteroatoms. The number of ether oxygens (including phenoxy) is 2. The third kappa shape index (κ3) is 6.97. The van der Waals surface area contributed by atoms with Crippen molar-refractivity contribution in [1.82, 2.24) is 4.57 Å². The van der Waals surface area contributed by atoms with E-state index in [1.54, 1.807) is 23.6 Å². The molecule has 0 spiro atoms. The van der Waals surface area contributed by atoms with Crippen molar-refractivity contribution >= 4 is 44.9 Å². The molecule has 1 aromatic heterocycles. The third-order valence-corrected chi connectivity index (χ3v) is 9.14. The monoisotopic (exact) mass is 704 g/mol. The Kier molecular flexibility index (Phi) is 9.47. The summed E-state index contributed by atoms with van der Waals surface area (Å²) in [6.45, 7) is 4.58. The molecule has 8 nitrogen and oxygen atoms in total. The van der Waals surface area contributed by atoms with Crippen molar-refractivity contribution in [3.05, 3.63) is 155 Å². The molecular formula is C37H29BrN4O4S. The van der Waals surface area contributed by atoms with Crippen LogP contribution in [0.15, 0.2) is 123 Å². The Morgan fingerprint density at radius 3 is 2.47 bits per heavy atom. The number of carbonyl (C=O) groups excluding carboxylic acids is 1. The summed E-state index contributed by atoms with van der Waals surface area (Å²) in [7, 11) is 0. The van der Waals surface area contributed by atoms with Gasteiger partial charge in [-0.1, -0.05) is 59.9 Å². The summed E-state index contributed by atoms with van der Waals surface area (Å²) < 4.78 is 14.5. The fourth-order valence-electron chi connectivity index (χ4n) is 5.27. The summed E-state index contributed by atoms with van der Waals surface area (Å²) in [5.74, 6) is 1.02. The maximum Gasteiger partial charge on any atom is 0.271 e. The van der Waals surface area contributed by atoms with E-state index in [4.69, 9.17) is 19.7 Å². The number of amides is 1. The molecule has 0 bridgehead atoms. The number of hydrogen-bond acceptors (Lipinski definition) is 7. The van der Waals surface area contributed by atoms with Gasteiger partial charge in [-0.05, 0) is 101 Å². The van der Waals surface area contributed by atoms with Crippen molar-refractivity contribution in [1.29, 1.82) is 5.26 Å². The minimum atomic E-state index is -0.697. The van der Waals surface area contributed by atoms with Crippen LogP contribution in [0.1, 0.15) is 42.1 Å². The highest BCUT2D eigenvalue weighted by Gasteiger charge is 2.32. The van der Waals surface area contributed by atoms with E-state index in [0.29, 0.717) is 56.6 Å². The van der Waals surface area contributed by atoms with Gasteiger partial charge in [0, 0.05) is 5.69 Å². The summed E-state index contributed by atoms with van der Waals surface area (Å²) in [5, 5.41) is 12.0. The van der Waals surface area contributed by atoms with Gasteiger partial charge >= 0.3 is 0 Å². The minimum absolute atomic E-state index is 0.248. The van der Waals surface area contributed by atoms with Crippen molar-refractivity contribution < 1.29 is 14.3 Å². The van der Waals surface area contributed by atoms with Gasteiger partial charge in [0.15, 0.2) is 4.80 Å². The Hall–Kier alpha value is -5.24. The molecule has 0 aliphatic carbocycles. The van der Waals surface area contributed by atoms with E-state index in [-0.39, 0.29) is 11.5 Å². The van der Waals surface area contributed by atoms with Gasteiger partial charge in [-0.2, -0.15) is 5.26 Å². The van der Waals surface area contributed by atoms with E-state index < -0.39 is 6.04 Å². The fourth-order valence-corrected chi connectivity index (χ4v) is 6.83. The van der Waals surface area contributed by atoms with Gasteiger partial charge in [0.1, 0.15) is 18.1 Å². The number of thiazole rings is 1. The second-order valence-corrected chi connectivity index (χ2v) is 12.6. The molecule has 2 heterocycles. The van der Waals surface area contributed by atoms with E-state index in [0.717, 1.165) is 21.2 Å². The third-order valence-electron chi connectivity index (χ3n) is 7.54. The van der Waals surface area contributed by atoms with Crippen LogP contribution in [0, 0.1) is 11.3 Å². The van der Waals surface area contributed by atoms with Gasteiger partial charge < -0.3 is 14.8 Å². The molecule has 1 atom stereocenters. The van der Waals surface area contributed by atoms with Gasteiger partial charge in [0.05, 0.1) is 44.6 Å². The Morgan fingerprint density at radius 2 is 1.79 bits per heavy atom. The van der Waals surface area contributed by atoms with Gasteiger partial charge in [0.25, 0.3) is 11.5 Å². The Labute approximate surface area is 283 Å². The molecule has 1 amide bonds. The zero-order valence-corrected chi connectivity index (χ0v) is 28.0. The maximum absolute atomic E-state index is 14.1. The minimum Gasteiger partial charge on any atom is -0.494 e. The van der Waals surface area contributed by atoms with Gasteiger partial charge in [-0.15, -0.1) is 0 Å². The number of nitrogens with zero attached hydrogens (tertiary/aromatic N) is 3. The predicted molar refractivity (Wildman–Crippen MR) is 186 cm³/mol. The van der Waals surface area contributed by atoms with E-state index in [2.05, 4.69) is 27.3 Å². The van der Waals surface area contributed by atoms with Crippen LogP contribution in [0.3, 0.4) is 0 Å². The Morgan fingerprint density at radius 1 is 1.04 bits per heavy atom. The van der Waals surface area contributed by atoms with Crippen LogP contribution < -0.4 is 29.7 Å². The number of anilines is 1. The number of nitrogens with one attached hydrogen (secondary N) is 1. The second-order valence-electron chi connectivity index (χ2n) is 10.7. The number of fused-ring (bicyclic) bond motifs is 1. The number of allylic oxidation sites excluding steroid dienone is 1. The summed E-state index contributed by atoms with van der Waals surface area (Å²) in [5.41, 5.74) is 4.42. The average molecular weight is 706 g/mol. The van der Waals surface area contributed by atoms with Crippen molar-refractivity contribution in [3.63, 3.8) is 0 Å². The first-order chi connectivity index (χ1) is 22.8. The molecule has 1 aliphatic rings. The predicted octanol–water partition coefficient (Wildman–Crippen LogP) is 6.49. The van der Waals surface area contributed by atoms with Crippen LogP contribution in [0.25, 0.3) is 6.08 Å². The van der Waals surface area contributed by atoms with Crippen molar-refractivity contribution in [2.75, 3.05) is 11.9 Å². The van der Waals surface area contributed by atoms with Crippen molar-refractivity contribution in [2.45, 2.75) is 26.5 Å². The summed E-state index contributed by atoms with van der Waals surface area (Å²) in [6.07, 6.45) is 1.82. The molecule has 4 aromatic carbocycles. The number of halogens is 1. The molecule has 1 aliphatic heterocycles. The fraction of sp³-hybridized carbons (Fsp3) is 0.135. The molecule has 0 saturated heterocycles. The molecule has 6 rings (SSSR count). The molecule has 234 valence electrons. The molecule has 0 unspecified atom stereocenters. The molecule has 1 N–H and O–H groups in total. The zero-order valence-electron chi connectivity index (χ0n) is 25.6. The van der Waals surface area contributed by atoms with E-state index in [9.17, 15) is 9.59 Å². The number of carbonyl (C=O) groups is 1. The van der Waals surface area contributed by atoms with Gasteiger partial charge in [0.2, 0.25) is 0 Å². The SMILES string of the molecule is CCOc1ccc([C@@H]2C(C(=O)Nc3ccccc3)=C(C)N=c3s/c(=C\c4ccc(OCc5ccc(C#N)cc5)c(Br)c4)c(=O)n32)cc1. The first kappa shape index (κ1) is 31.7. The first-order valence-electron chi connectivity index (χ1n) is 14.9. The van der Waals surface area contributed by atoms with Crippen LogP contribution >= 0.6 is 27.3 Å². The van der Waals surface area contributed by atoms with Crippen LogP contribution in [0.4, 0.5) is 5.69 Å². The molecule has 0 fully saturated rings. The molecular weight excluding hydrogens is 676 g/mol. The van der Waals surface area contributed by atoms with Gasteiger partial charge in [-0.3, -0.25) is 14.2 Å². The molecule has 47 heavy (non-hydrogen) atoms. The van der Waals surface area contributed by atoms with Crippen molar-refractivity contribution in [2.24, 2.45) is 4.99 Å². The lowest BCUT2D eigenvalue weighted by Gasteiger charge is -2.25. The number of benzene rings is 4. The van der Waals surface area contributed by atoms with Crippen LogP contribution in [0.2, 0.25) is 0 Å². The normalized spacial score (nSPS) is 14.2. The Balaban J connectivity index is 1.35. The largest absolute Gasteiger partial charge is 0.494 e. The van der Waals surface area contributed by atoms with Crippen LogP contribution in [0.5, 0.6) is 11.5 Å². The molecule has 5 aromatic rings. The second kappa shape index (κ2) is 14.0. The lowest BCUT2D eigenvalue weighted by Crippen LogP contribution is -2.40. The molecule has 0 saturated carbocycles. The Bertz CT molecular complexity index is 2200. The highest BCUT2D eigenvalue weighted by atomic mass is 79.9. The molecule has 0 radical (unpaired) electrons. The summed E-state index contributed by atoms with van der Waals surface area (Å²) >= 11 is 4.88. The maximum atomic E-state index is 14.1. The highest BCUT2D eigenvalue weighted by molar-refractivity contribution is 9.10. The number of hydrogen-bond donors (Lipinski definition) is 1. The standard InChI is InChI=1S/C37H29BrN4O4S/c1-3-45-29-16-14-27(15-17-29)34-33(35(43)41-28-7-5-4-6-8-28)23(2)40-37-42(34)36(44)32(47-37)20-26-13-18-31(30(38)19-26)46-22-25-11-9-24(21-39)10-12-25/h4-20,34H,3,22H2,1-2H3,(H,41,43)/b32-20-/t34-/m1/s1. The quantitative estimate of drug-likeness (QED) is 0.189. The van der Waals surface area contributed by atoms with Crippen LogP contribution in [-0.4, -0.2) is 17.1 Å². The number of para-hydroxylation sites is 1. The lowest BCUT2D eigenvalue weighted by molar-refractivity contribution is -0.113. The van der Waals surface area contributed by atoms with E-state index in [1.165, 1.54) is 11.3 Å². The van der Waals surface area contributed by atoms with E-state index in [1.807, 2.05) is 97.9 Å². The van der Waals surface area contributed by atoms with Gasteiger partial charge in [-0.25, -0.2) is 4.99 Å². The average Bonchev–Trinajstić information content (AvgIpc) is 3.38. The van der Waals surface area contributed by atoms with Crippen molar-refractivity contribution in [3.8, 4) is 17.6 Å². The number of nitriles is 1. The van der Waals surface area contributed by atoms with E-state index >= 15 is 0 Å². The topological polar surface area (TPSA) is 106 Å². The smallest absolute Gasteiger partial charge is 0.271 e. The lowest BCUT2D eigenvalue weighted by atomic mass is 9.95. The summed E-state index contributed by atoms with van der Waals surface area (Å²) in [6, 6.07) is 30.9. The number of rotatable bonds is 9. The highest BCUT2D eigenvalue weighted by Crippen LogP contribution is 2.32. The number of aromatic nitrogens is 1. The first-order valence-corrected chi connectivity index (χ1v) is 16.5.